The minimum absolute atomic E-state index is 0.0370. The zero-order valence-electron chi connectivity index (χ0n) is 15.5. The Labute approximate surface area is 157 Å². The smallest absolute Gasteiger partial charge is 0.222 e. The van der Waals surface area contributed by atoms with Gasteiger partial charge in [0.05, 0.1) is 33.4 Å². The van der Waals surface area contributed by atoms with E-state index in [-0.39, 0.29) is 12.1 Å². The first kappa shape index (κ1) is 17.2. The average molecular weight is 366 g/mol. The molecule has 0 amide bonds. The van der Waals surface area contributed by atoms with Crippen molar-refractivity contribution in [3.05, 3.63) is 59.9 Å². The molecule has 2 aromatic carbocycles. The summed E-state index contributed by atoms with van der Waals surface area (Å²) in [7, 11) is 5.01. The molecular formula is C20H22N4O3. The normalized spacial score (nSPS) is 18.3. The van der Waals surface area contributed by atoms with E-state index in [1.807, 2.05) is 41.1 Å². The molecule has 1 aliphatic rings. The first-order valence-corrected chi connectivity index (χ1v) is 8.75. The second kappa shape index (κ2) is 7.19. The Balaban J connectivity index is 1.77. The fourth-order valence-electron chi connectivity index (χ4n) is 3.56. The molecule has 2 atom stereocenters. The van der Waals surface area contributed by atoms with Gasteiger partial charge in [0.2, 0.25) is 5.95 Å². The Bertz CT molecular complexity index is 940. The standard InChI is InChI=1S/C20H22N4O3/c1-25-14-6-4-5-13(9-14)17-11-18(24-20(23-17)21-12-22-24)16-10-15(26-2)7-8-19(16)27-3/h4-10,12,17-18H,11H2,1-3H3,(H,21,22,23)/t17-,18+/m0/s1. The van der Waals surface area contributed by atoms with Crippen LogP contribution in [0.3, 0.4) is 0 Å². The van der Waals surface area contributed by atoms with Crippen LogP contribution >= 0.6 is 0 Å². The van der Waals surface area contributed by atoms with Gasteiger partial charge in [-0.15, -0.1) is 0 Å². The van der Waals surface area contributed by atoms with E-state index in [1.165, 1.54) is 0 Å². The predicted molar refractivity (Wildman–Crippen MR) is 102 cm³/mol. The molecular weight excluding hydrogens is 344 g/mol. The number of rotatable bonds is 5. The van der Waals surface area contributed by atoms with E-state index in [0.717, 1.165) is 40.7 Å². The van der Waals surface area contributed by atoms with Gasteiger partial charge in [0.1, 0.15) is 23.6 Å². The maximum atomic E-state index is 5.61. The molecule has 0 bridgehead atoms. The minimum Gasteiger partial charge on any atom is -0.497 e. The molecule has 0 saturated heterocycles. The summed E-state index contributed by atoms with van der Waals surface area (Å²) >= 11 is 0. The summed E-state index contributed by atoms with van der Waals surface area (Å²) in [6.45, 7) is 0. The fourth-order valence-corrected chi connectivity index (χ4v) is 3.56. The van der Waals surface area contributed by atoms with Gasteiger partial charge in [-0.3, -0.25) is 0 Å². The second-order valence-electron chi connectivity index (χ2n) is 6.36. The van der Waals surface area contributed by atoms with Gasteiger partial charge < -0.3 is 19.5 Å². The number of fused-ring (bicyclic) bond motifs is 1. The van der Waals surface area contributed by atoms with Gasteiger partial charge >= 0.3 is 0 Å². The monoisotopic (exact) mass is 366 g/mol. The van der Waals surface area contributed by atoms with Crippen molar-refractivity contribution in [2.24, 2.45) is 0 Å². The zero-order valence-corrected chi connectivity index (χ0v) is 15.5. The van der Waals surface area contributed by atoms with Crippen molar-refractivity contribution in [2.75, 3.05) is 26.6 Å². The fraction of sp³-hybridized carbons (Fsp3) is 0.300. The van der Waals surface area contributed by atoms with Gasteiger partial charge in [0.15, 0.2) is 0 Å². The van der Waals surface area contributed by atoms with E-state index in [1.54, 1.807) is 27.7 Å². The number of nitrogens with zero attached hydrogens (tertiary/aromatic N) is 3. The number of aromatic nitrogens is 3. The summed E-state index contributed by atoms with van der Waals surface area (Å²) in [4.78, 5) is 4.39. The van der Waals surface area contributed by atoms with Crippen LogP contribution in [0.1, 0.15) is 29.6 Å². The number of hydrogen-bond acceptors (Lipinski definition) is 6. The molecule has 0 aliphatic carbocycles. The van der Waals surface area contributed by atoms with Crippen molar-refractivity contribution >= 4 is 5.95 Å². The summed E-state index contributed by atoms with van der Waals surface area (Å²) < 4.78 is 18.3. The molecule has 3 aromatic rings. The minimum atomic E-state index is -0.0370. The van der Waals surface area contributed by atoms with Crippen LogP contribution in [0.25, 0.3) is 0 Å². The summed E-state index contributed by atoms with van der Waals surface area (Å²) in [6.07, 6.45) is 2.35. The van der Waals surface area contributed by atoms with Gasteiger partial charge in [-0.05, 0) is 42.3 Å². The number of ether oxygens (including phenoxy) is 3. The Morgan fingerprint density at radius 2 is 1.81 bits per heavy atom. The average Bonchev–Trinajstić information content (AvgIpc) is 3.21. The van der Waals surface area contributed by atoms with Gasteiger partial charge in [0, 0.05) is 5.56 Å². The van der Waals surface area contributed by atoms with Gasteiger partial charge in [0.25, 0.3) is 0 Å². The summed E-state index contributed by atoms with van der Waals surface area (Å²) in [5.74, 6) is 3.14. The molecule has 140 valence electrons. The van der Waals surface area contributed by atoms with E-state index < -0.39 is 0 Å². The molecule has 1 aliphatic heterocycles. The molecule has 1 aromatic heterocycles. The highest BCUT2D eigenvalue weighted by Crippen LogP contribution is 2.41. The summed E-state index contributed by atoms with van der Waals surface area (Å²) in [5, 5.41) is 7.90. The highest BCUT2D eigenvalue weighted by atomic mass is 16.5. The Morgan fingerprint density at radius 3 is 2.59 bits per heavy atom. The molecule has 2 heterocycles. The lowest BCUT2D eigenvalue weighted by molar-refractivity contribution is 0.372. The second-order valence-corrected chi connectivity index (χ2v) is 6.36. The van der Waals surface area contributed by atoms with Crippen LogP contribution in [0.15, 0.2) is 48.8 Å². The number of benzene rings is 2. The molecule has 1 N–H and O–H groups in total. The van der Waals surface area contributed by atoms with Crippen LogP contribution in [-0.4, -0.2) is 36.1 Å². The van der Waals surface area contributed by atoms with Crippen molar-refractivity contribution in [1.29, 1.82) is 0 Å². The van der Waals surface area contributed by atoms with Crippen LogP contribution in [0.2, 0.25) is 0 Å². The molecule has 27 heavy (non-hydrogen) atoms. The van der Waals surface area contributed by atoms with Crippen LogP contribution < -0.4 is 19.5 Å². The first-order chi connectivity index (χ1) is 13.2. The molecule has 0 unspecified atom stereocenters. The maximum absolute atomic E-state index is 5.61. The van der Waals surface area contributed by atoms with E-state index in [2.05, 4.69) is 21.5 Å². The van der Waals surface area contributed by atoms with E-state index >= 15 is 0 Å². The van der Waals surface area contributed by atoms with Crippen molar-refractivity contribution in [3.8, 4) is 17.2 Å². The molecule has 0 saturated carbocycles. The van der Waals surface area contributed by atoms with Gasteiger partial charge in [-0.25, -0.2) is 4.68 Å². The Hall–Kier alpha value is -3.22. The number of methoxy groups -OCH3 is 3. The SMILES string of the molecule is COc1cccc([C@@H]2C[C@H](c3cc(OC)ccc3OC)n3ncnc3N2)c1. The number of nitrogens with one attached hydrogen (secondary N) is 1. The quantitative estimate of drug-likeness (QED) is 0.746. The Morgan fingerprint density at radius 1 is 1.00 bits per heavy atom. The predicted octanol–water partition coefficient (Wildman–Crippen LogP) is 3.45. The highest BCUT2D eigenvalue weighted by molar-refractivity contribution is 5.46. The van der Waals surface area contributed by atoms with E-state index in [9.17, 15) is 0 Å². The zero-order chi connectivity index (χ0) is 18.8. The van der Waals surface area contributed by atoms with Crippen LogP contribution in [0.5, 0.6) is 17.2 Å². The largest absolute Gasteiger partial charge is 0.497 e. The summed E-state index contributed by atoms with van der Waals surface area (Å²) in [5.41, 5.74) is 2.15. The molecule has 4 rings (SSSR count). The Kier molecular flexibility index (Phi) is 4.58. The lowest BCUT2D eigenvalue weighted by Gasteiger charge is -2.32. The molecule has 0 fully saturated rings. The van der Waals surface area contributed by atoms with Crippen molar-refractivity contribution < 1.29 is 14.2 Å². The van der Waals surface area contributed by atoms with Crippen molar-refractivity contribution in [2.45, 2.75) is 18.5 Å². The number of anilines is 1. The maximum Gasteiger partial charge on any atom is 0.222 e. The molecule has 7 nitrogen and oxygen atoms in total. The van der Waals surface area contributed by atoms with Crippen LogP contribution in [0.4, 0.5) is 5.95 Å². The highest BCUT2D eigenvalue weighted by Gasteiger charge is 2.32. The molecule has 0 radical (unpaired) electrons. The third-order valence-corrected chi connectivity index (χ3v) is 4.92. The topological polar surface area (TPSA) is 70.4 Å². The van der Waals surface area contributed by atoms with Crippen LogP contribution in [-0.2, 0) is 0 Å². The van der Waals surface area contributed by atoms with Crippen LogP contribution in [0, 0.1) is 0 Å². The van der Waals surface area contributed by atoms with Gasteiger partial charge in [-0.1, -0.05) is 12.1 Å². The van der Waals surface area contributed by atoms with Crippen molar-refractivity contribution in [1.82, 2.24) is 14.8 Å². The third-order valence-electron chi connectivity index (χ3n) is 4.92. The summed E-state index contributed by atoms with van der Waals surface area (Å²) in [6, 6.07) is 13.9. The number of hydrogen-bond donors (Lipinski definition) is 1. The lowest BCUT2D eigenvalue weighted by Crippen LogP contribution is -2.28. The van der Waals surface area contributed by atoms with Crippen molar-refractivity contribution in [3.63, 3.8) is 0 Å². The van der Waals surface area contributed by atoms with E-state index in [4.69, 9.17) is 14.2 Å². The first-order valence-electron chi connectivity index (χ1n) is 8.75. The van der Waals surface area contributed by atoms with E-state index in [0.29, 0.717) is 0 Å². The molecule has 0 spiro atoms. The molecule has 7 heteroatoms. The lowest BCUT2D eigenvalue weighted by atomic mass is 9.92. The van der Waals surface area contributed by atoms with Gasteiger partial charge in [-0.2, -0.15) is 10.1 Å². The third kappa shape index (κ3) is 3.16.